The highest BCUT2D eigenvalue weighted by molar-refractivity contribution is 6.31. The summed E-state index contributed by atoms with van der Waals surface area (Å²) in [5, 5.41) is 14.5. The van der Waals surface area contributed by atoms with Crippen LogP contribution in [0.25, 0.3) is 28.0 Å². The van der Waals surface area contributed by atoms with Crippen LogP contribution in [0.3, 0.4) is 0 Å². The number of hydrogen-bond acceptors (Lipinski definition) is 6. The number of nitrogens with two attached hydrogens (primary N) is 1. The number of aryl methyl sites for hydroxylation is 1. The zero-order valence-corrected chi connectivity index (χ0v) is 28.7. The molecule has 2 aromatic heterocycles. The van der Waals surface area contributed by atoms with Crippen LogP contribution in [0, 0.1) is 11.2 Å². The van der Waals surface area contributed by atoms with Gasteiger partial charge in [0.05, 0.1) is 22.2 Å². The van der Waals surface area contributed by atoms with Gasteiger partial charge < -0.3 is 21.4 Å². The summed E-state index contributed by atoms with van der Waals surface area (Å²) < 4.78 is 16.7. The van der Waals surface area contributed by atoms with Gasteiger partial charge >= 0.3 is 5.69 Å². The second kappa shape index (κ2) is 15.9. The van der Waals surface area contributed by atoms with Gasteiger partial charge in [0.2, 0.25) is 5.91 Å². The average Bonchev–Trinajstić information content (AvgIpc) is 3.45. The van der Waals surface area contributed by atoms with Crippen LogP contribution in [0.2, 0.25) is 5.02 Å². The number of aromatic nitrogens is 3. The number of rotatable bonds is 13. The predicted molar refractivity (Wildman–Crippen MR) is 190 cm³/mol. The number of amidine groups is 1. The van der Waals surface area contributed by atoms with Crippen LogP contribution in [0.4, 0.5) is 4.39 Å². The van der Waals surface area contributed by atoms with E-state index in [2.05, 4.69) is 37.6 Å². The van der Waals surface area contributed by atoms with E-state index in [1.807, 2.05) is 19.1 Å². The van der Waals surface area contributed by atoms with E-state index in [9.17, 15) is 9.59 Å². The molecule has 1 aliphatic heterocycles. The molecule has 5 rings (SSSR count). The molecule has 0 spiro atoms. The van der Waals surface area contributed by atoms with Crippen molar-refractivity contribution in [2.45, 2.75) is 83.8 Å². The lowest BCUT2D eigenvalue weighted by atomic mass is 9.89. The number of likely N-dealkylation sites (tertiary alicyclic amines) is 1. The molecule has 0 aliphatic carbocycles. The summed E-state index contributed by atoms with van der Waals surface area (Å²) in [5.74, 6) is -0.121. The van der Waals surface area contributed by atoms with E-state index >= 15 is 4.39 Å². The zero-order chi connectivity index (χ0) is 34.4. The minimum absolute atomic E-state index is 0.0469. The molecular weight excluding hydrogens is 631 g/mol. The molecule has 0 unspecified atom stereocenters. The van der Waals surface area contributed by atoms with Crippen LogP contribution in [0.5, 0.6) is 0 Å². The van der Waals surface area contributed by atoms with Crippen LogP contribution in [-0.2, 0) is 11.2 Å². The van der Waals surface area contributed by atoms with E-state index in [0.717, 1.165) is 69.2 Å². The van der Waals surface area contributed by atoms with Gasteiger partial charge in [-0.05, 0) is 100 Å². The summed E-state index contributed by atoms with van der Waals surface area (Å²) in [7, 11) is 0. The molecule has 12 heteroatoms. The Labute approximate surface area is 285 Å². The third-order valence-corrected chi connectivity index (χ3v) is 9.34. The van der Waals surface area contributed by atoms with Crippen molar-refractivity contribution in [3.63, 3.8) is 0 Å². The minimum Gasteiger partial charge on any atom is -0.374 e. The fraction of sp³-hybridized carbons (Fsp3) is 0.444. The zero-order valence-electron chi connectivity index (χ0n) is 27.9. The fourth-order valence-electron chi connectivity index (χ4n) is 6.72. The first kappa shape index (κ1) is 35.3. The number of carbonyl (C=O) groups excluding carboxylic acids is 1. The van der Waals surface area contributed by atoms with Crippen LogP contribution >= 0.6 is 11.6 Å². The molecule has 2 aromatic carbocycles. The van der Waals surface area contributed by atoms with E-state index in [4.69, 9.17) is 22.7 Å². The second-order valence-corrected chi connectivity index (χ2v) is 13.3. The summed E-state index contributed by atoms with van der Waals surface area (Å²) in [5.41, 5.74) is 9.37. The Hall–Kier alpha value is -4.06. The number of benzene rings is 2. The number of H-pyrrole nitrogens is 1. The SMILES string of the molecule is CC(=N)NCC[C@@H]1CCC[C@@H](c2ccc(-n3cc4cc(-c5cc(CCC[C@H](C)N)cc(Cl)c5F)[nH]c4nc3=O)cc2)N1CCNC(C)=O. The number of aromatic amines is 1. The summed E-state index contributed by atoms with van der Waals surface area (Å²) in [6.07, 6.45) is 8.19. The Balaban J connectivity index is 1.38. The molecule has 48 heavy (non-hydrogen) atoms. The van der Waals surface area contributed by atoms with Gasteiger partial charge in [-0.25, -0.2) is 9.18 Å². The molecule has 1 fully saturated rings. The quantitative estimate of drug-likeness (QED) is 0.0887. The Bertz CT molecular complexity index is 1800. The first-order chi connectivity index (χ1) is 23.0. The molecule has 0 radical (unpaired) electrons. The number of fused-ring (bicyclic) bond motifs is 1. The van der Waals surface area contributed by atoms with Crippen molar-refractivity contribution in [2.24, 2.45) is 5.73 Å². The smallest absolute Gasteiger partial charge is 0.354 e. The molecule has 0 saturated carbocycles. The van der Waals surface area contributed by atoms with Gasteiger partial charge in [-0.2, -0.15) is 4.98 Å². The normalized spacial score (nSPS) is 17.4. The number of nitrogens with one attached hydrogen (secondary N) is 4. The van der Waals surface area contributed by atoms with Gasteiger partial charge in [-0.1, -0.05) is 23.7 Å². The van der Waals surface area contributed by atoms with Crippen molar-refractivity contribution in [1.29, 1.82) is 5.41 Å². The predicted octanol–water partition coefficient (Wildman–Crippen LogP) is 5.85. The number of hydrogen-bond donors (Lipinski definition) is 5. The van der Waals surface area contributed by atoms with Crippen LogP contribution in [0.15, 0.2) is 53.5 Å². The van der Waals surface area contributed by atoms with E-state index < -0.39 is 11.5 Å². The van der Waals surface area contributed by atoms with E-state index in [1.54, 1.807) is 31.3 Å². The number of amides is 1. The molecule has 0 bridgehead atoms. The van der Waals surface area contributed by atoms with Crippen molar-refractivity contribution in [2.75, 3.05) is 19.6 Å². The van der Waals surface area contributed by atoms with Crippen LogP contribution in [0.1, 0.15) is 76.5 Å². The van der Waals surface area contributed by atoms with Crippen LogP contribution in [-0.4, -0.2) is 62.9 Å². The third-order valence-electron chi connectivity index (χ3n) is 9.06. The van der Waals surface area contributed by atoms with E-state index in [0.29, 0.717) is 46.4 Å². The van der Waals surface area contributed by atoms with Gasteiger partial charge in [0, 0.05) is 61.8 Å². The Morgan fingerprint density at radius 2 is 1.94 bits per heavy atom. The first-order valence-corrected chi connectivity index (χ1v) is 17.1. The topological polar surface area (TPSA) is 145 Å². The lowest BCUT2D eigenvalue weighted by Gasteiger charge is -2.43. The monoisotopic (exact) mass is 676 g/mol. The maximum absolute atomic E-state index is 15.2. The number of piperidine rings is 1. The van der Waals surface area contributed by atoms with Crippen LogP contribution < -0.4 is 22.1 Å². The second-order valence-electron chi connectivity index (χ2n) is 12.9. The molecule has 1 amide bonds. The van der Waals surface area contributed by atoms with Crippen molar-refractivity contribution in [3.8, 4) is 16.9 Å². The highest BCUT2D eigenvalue weighted by atomic mass is 35.5. The molecule has 4 aromatic rings. The summed E-state index contributed by atoms with van der Waals surface area (Å²) in [6.45, 7) is 7.24. The maximum Gasteiger partial charge on any atom is 0.354 e. The van der Waals surface area contributed by atoms with Gasteiger partial charge in [-0.3, -0.25) is 19.7 Å². The number of halogens is 2. The highest BCUT2D eigenvalue weighted by Gasteiger charge is 2.31. The average molecular weight is 677 g/mol. The number of carbonyl (C=O) groups is 1. The lowest BCUT2D eigenvalue weighted by Crippen LogP contribution is -2.46. The summed E-state index contributed by atoms with van der Waals surface area (Å²) in [4.78, 5) is 34.7. The molecule has 10 nitrogen and oxygen atoms in total. The first-order valence-electron chi connectivity index (χ1n) is 16.8. The molecular formula is C36H46ClFN8O2. The summed E-state index contributed by atoms with van der Waals surface area (Å²) >= 11 is 6.28. The molecule has 256 valence electrons. The standard InChI is InChI=1S/C36H46ClFN8O2/c1-22(39)6-4-7-25-18-30(34(38)31(37)19-25)32-20-27-21-46(36(48)44-35(27)43-32)29-12-10-26(11-13-29)33-9-5-8-28(14-15-41-23(2)40)45(33)17-16-42-24(3)47/h10-13,18-22,28,33H,4-9,14-17,39H2,1-3H3,(H2,40,41)(H,42,47)(H,43,44,48)/t22-,28-,33-/m0/s1. The molecule has 1 saturated heterocycles. The fourth-order valence-corrected chi connectivity index (χ4v) is 6.96. The van der Waals surface area contributed by atoms with Crippen molar-refractivity contribution >= 4 is 34.4 Å². The van der Waals surface area contributed by atoms with E-state index in [1.165, 1.54) is 11.5 Å². The minimum atomic E-state index is -0.526. The molecule has 1 aliphatic rings. The highest BCUT2D eigenvalue weighted by Crippen LogP contribution is 2.36. The molecule has 3 atom stereocenters. The molecule has 6 N–H and O–H groups in total. The third kappa shape index (κ3) is 8.69. The lowest BCUT2D eigenvalue weighted by molar-refractivity contribution is -0.119. The summed E-state index contributed by atoms with van der Waals surface area (Å²) in [6, 6.07) is 13.8. The van der Waals surface area contributed by atoms with Gasteiger partial charge in [0.25, 0.3) is 0 Å². The van der Waals surface area contributed by atoms with Gasteiger partial charge in [0.1, 0.15) is 5.65 Å². The Kier molecular flexibility index (Phi) is 11.7. The van der Waals surface area contributed by atoms with Crippen molar-refractivity contribution < 1.29 is 9.18 Å². The Morgan fingerprint density at radius 1 is 1.17 bits per heavy atom. The number of nitrogens with zero attached hydrogens (tertiary/aromatic N) is 3. The van der Waals surface area contributed by atoms with E-state index in [-0.39, 0.29) is 23.0 Å². The largest absolute Gasteiger partial charge is 0.374 e. The maximum atomic E-state index is 15.2. The van der Waals surface area contributed by atoms with Crippen molar-refractivity contribution in [3.05, 3.63) is 81.1 Å². The van der Waals surface area contributed by atoms with Crippen molar-refractivity contribution in [1.82, 2.24) is 30.1 Å². The van der Waals surface area contributed by atoms with Gasteiger partial charge in [-0.15, -0.1) is 0 Å². The Morgan fingerprint density at radius 3 is 2.65 bits per heavy atom. The molecule has 3 heterocycles. The van der Waals surface area contributed by atoms with Gasteiger partial charge in [0.15, 0.2) is 5.82 Å².